The van der Waals surface area contributed by atoms with Gasteiger partial charge in [0.15, 0.2) is 16.1 Å². The van der Waals surface area contributed by atoms with Gasteiger partial charge in [-0.25, -0.2) is 0 Å². The van der Waals surface area contributed by atoms with Crippen molar-refractivity contribution >= 4 is 120 Å². The fourth-order valence-electron chi connectivity index (χ4n) is 18.6. The van der Waals surface area contributed by atoms with E-state index in [1.54, 1.807) is 0 Å². The molecular formula is C108H75BN2OSi2. The second-order valence-corrected chi connectivity index (χ2v) is 37.4. The Bertz CT molecular complexity index is 6810. The van der Waals surface area contributed by atoms with Crippen LogP contribution in [0, 0.1) is 0 Å². The van der Waals surface area contributed by atoms with Crippen LogP contribution in [0.2, 0.25) is 0 Å². The van der Waals surface area contributed by atoms with E-state index in [0.717, 1.165) is 149 Å². The van der Waals surface area contributed by atoms with Crippen LogP contribution >= 0.6 is 0 Å². The van der Waals surface area contributed by atoms with E-state index in [-0.39, 0.29) is 24.8 Å². The van der Waals surface area contributed by atoms with Gasteiger partial charge in [0.25, 0.3) is 6.71 Å². The van der Waals surface area contributed by atoms with Gasteiger partial charge in [0.2, 0.25) is 0 Å². The largest absolute Gasteiger partial charge is 0.458 e. The zero-order valence-corrected chi connectivity index (χ0v) is 64.4. The van der Waals surface area contributed by atoms with E-state index in [0.29, 0.717) is 5.56 Å². The highest BCUT2D eigenvalue weighted by atomic mass is 28.3. The van der Waals surface area contributed by atoms with Gasteiger partial charge in [-0.1, -0.05) is 400 Å². The number of ether oxygens (including phenoxy) is 1. The Hall–Kier alpha value is -14.1. The molecule has 2 aliphatic rings. The number of para-hydroxylation sites is 3. The molecule has 2 aliphatic heterocycles. The summed E-state index contributed by atoms with van der Waals surface area (Å²) in [6.45, 7) is -0.327. The lowest BCUT2D eigenvalue weighted by Crippen LogP contribution is -2.78. The monoisotopic (exact) mass is 1490 g/mol. The molecule has 0 unspecified atom stereocenters. The summed E-state index contributed by atoms with van der Waals surface area (Å²) in [7, 11) is -7.77. The fourth-order valence-corrected chi connectivity index (χ4v) is 28.5. The third-order valence-electron chi connectivity index (χ3n) is 23.6. The normalized spacial score (nSPS) is 12.6. The predicted molar refractivity (Wildman–Crippen MR) is 486 cm³/mol. The molecule has 21 rings (SSSR count). The van der Waals surface area contributed by atoms with Crippen molar-refractivity contribution in [1.29, 1.82) is 0 Å². The maximum atomic E-state index is 10.7. The number of fused-ring (bicyclic) bond motifs is 7. The van der Waals surface area contributed by atoms with E-state index in [2.05, 4.69) is 416 Å². The summed E-state index contributed by atoms with van der Waals surface area (Å²) in [4.78, 5) is 2.50. The number of hydrogen-bond acceptors (Lipinski definition) is 2. The van der Waals surface area contributed by atoms with Gasteiger partial charge >= 0.3 is 0 Å². The lowest BCUT2D eigenvalue weighted by molar-refractivity contribution is 0.487. The molecule has 19 aromatic rings. The smallest absolute Gasteiger partial charge is 0.256 e. The third-order valence-corrected chi connectivity index (χ3v) is 33.0. The van der Waals surface area contributed by atoms with Crippen molar-refractivity contribution in [2.24, 2.45) is 0 Å². The Kier molecular flexibility index (Phi) is 16.2. The van der Waals surface area contributed by atoms with Crippen LogP contribution in [0.1, 0.15) is 4.11 Å². The summed E-state index contributed by atoms with van der Waals surface area (Å²) in [5.74, 6) is 1.55. The number of nitrogens with zero attached hydrogens (tertiary/aromatic N) is 2. The van der Waals surface area contributed by atoms with Crippen molar-refractivity contribution in [1.82, 2.24) is 4.57 Å². The SMILES string of the molecule is [2H]c1c(-c2ccccc2)cc([Si](c2ccccc2)(c2ccccc2)c2cc(-c3ccc4c(c3)B3c5ccccc5N(c5cc(-c6ccccc6)cc(-c6ccccc6)c5)c5cc(-n6c7ccccc7c7ccccc76)cc(c53)O4)cc([Si](c3ccccc3)(c3ccccc3)c3cc(-c4ccccc4)ccc3-c3ccccc3)c2)c([2H])c1[2H]. The van der Waals surface area contributed by atoms with E-state index in [9.17, 15) is 4.11 Å². The van der Waals surface area contributed by atoms with Crippen molar-refractivity contribution in [2.45, 2.75) is 0 Å². The van der Waals surface area contributed by atoms with Crippen LogP contribution in [0.15, 0.2) is 455 Å². The zero-order chi connectivity index (χ0) is 78.1. The van der Waals surface area contributed by atoms with Crippen molar-refractivity contribution in [3.63, 3.8) is 0 Å². The Morgan fingerprint density at radius 2 is 0.684 bits per heavy atom. The van der Waals surface area contributed by atoms with Crippen LogP contribution in [-0.4, -0.2) is 27.4 Å². The lowest BCUT2D eigenvalue weighted by Gasteiger charge is -2.41. The van der Waals surface area contributed by atoms with Crippen molar-refractivity contribution in [3.8, 4) is 83.9 Å². The van der Waals surface area contributed by atoms with Crippen molar-refractivity contribution in [3.05, 3.63) is 455 Å². The van der Waals surface area contributed by atoms with Gasteiger partial charge in [0.05, 0.1) is 20.8 Å². The minimum absolute atomic E-state index is 0.0220. The molecule has 0 aliphatic carbocycles. The average molecular weight is 1490 g/mol. The van der Waals surface area contributed by atoms with Gasteiger partial charge in [0.1, 0.15) is 11.5 Å². The van der Waals surface area contributed by atoms with Crippen LogP contribution in [0.25, 0.3) is 94.3 Å². The first kappa shape index (κ1) is 64.7. The van der Waals surface area contributed by atoms with E-state index >= 15 is 0 Å². The summed E-state index contributed by atoms with van der Waals surface area (Å²) < 4.78 is 40.9. The molecule has 114 heavy (non-hydrogen) atoms. The van der Waals surface area contributed by atoms with Crippen LogP contribution in [0.4, 0.5) is 17.1 Å². The molecule has 0 radical (unpaired) electrons. The van der Waals surface area contributed by atoms with E-state index in [1.165, 1.54) is 26.3 Å². The standard InChI is InChI=1S/C108H75BN2OSi2/c1-10-35-76(36-11-1)81-45-34-54-93(68-81)113(89-46-20-6-21-47-89,90-48-22-7-23-49-90)94-69-86(70-95(75-94)114(91-50-24-8-25-51-91,92-52-26-9-27-53-92)107-72-83(77-37-12-2-13-38-77)61-63-96(107)80-43-18-5-19-44-80)82-62-64-105-100(71-82)109-99-57-30-33-60-103(99)111(87-66-84(78-39-14-3-15-40-78)65-85(67-87)79-41-16-4-17-42-79)104-73-88(74-106(112-105)108(104)109)110-101-58-31-28-55-97(101)98-56-29-32-59-102(98)110/h1-75H/i34D,45D,54D. The average Bonchev–Trinajstić information content (AvgIpc) is 1.58. The molecule has 0 N–H and O–H groups in total. The Labute approximate surface area is 672 Å². The van der Waals surface area contributed by atoms with Gasteiger partial charge < -0.3 is 14.2 Å². The Morgan fingerprint density at radius 3 is 1.24 bits per heavy atom. The van der Waals surface area contributed by atoms with Crippen LogP contribution in [0.5, 0.6) is 11.5 Å². The molecule has 3 nitrogen and oxygen atoms in total. The molecular weight excluding hydrogens is 1410 g/mol. The molecule has 3 heterocycles. The van der Waals surface area contributed by atoms with Crippen LogP contribution in [0.3, 0.4) is 0 Å². The molecule has 0 saturated carbocycles. The van der Waals surface area contributed by atoms with E-state index in [1.807, 2.05) is 30.3 Å². The minimum Gasteiger partial charge on any atom is -0.458 e. The second-order valence-electron chi connectivity index (χ2n) is 29.9. The highest BCUT2D eigenvalue weighted by molar-refractivity contribution is 7.22. The minimum atomic E-state index is -3.98. The summed E-state index contributed by atoms with van der Waals surface area (Å²) in [5.41, 5.74) is 21.9. The maximum absolute atomic E-state index is 10.7. The molecule has 0 fully saturated rings. The van der Waals surface area contributed by atoms with Gasteiger partial charge in [-0.3, -0.25) is 0 Å². The summed E-state index contributed by atoms with van der Waals surface area (Å²) in [6.07, 6.45) is 0. The molecule has 0 spiro atoms. The van der Waals surface area contributed by atoms with Crippen LogP contribution < -0.4 is 67.5 Å². The van der Waals surface area contributed by atoms with Gasteiger partial charge in [-0.2, -0.15) is 0 Å². The molecule has 534 valence electrons. The second kappa shape index (κ2) is 28.6. The summed E-state index contributed by atoms with van der Waals surface area (Å²) in [6, 6.07) is 160. The summed E-state index contributed by atoms with van der Waals surface area (Å²) >= 11 is 0. The first-order chi connectivity index (χ1) is 57.8. The molecule has 18 aromatic carbocycles. The topological polar surface area (TPSA) is 17.4 Å². The molecule has 0 atom stereocenters. The highest BCUT2D eigenvalue weighted by Crippen LogP contribution is 2.46. The maximum Gasteiger partial charge on any atom is 0.256 e. The molecule has 0 saturated heterocycles. The number of anilines is 3. The fraction of sp³-hybridized carbons (Fsp3) is 0. The van der Waals surface area contributed by atoms with Gasteiger partial charge in [-0.15, -0.1) is 0 Å². The summed E-state index contributed by atoms with van der Waals surface area (Å²) in [5, 5.41) is 11.0. The van der Waals surface area contributed by atoms with Gasteiger partial charge in [0, 0.05) is 33.9 Å². The van der Waals surface area contributed by atoms with Gasteiger partial charge in [-0.05, 0) is 173 Å². The number of rotatable bonds is 16. The quantitative estimate of drug-likeness (QED) is 0.0709. The number of hydrogen-bond donors (Lipinski definition) is 0. The number of aromatic nitrogens is 1. The van der Waals surface area contributed by atoms with E-state index < -0.39 is 16.1 Å². The zero-order valence-electron chi connectivity index (χ0n) is 65.4. The Morgan fingerprint density at radius 1 is 0.254 bits per heavy atom. The highest BCUT2D eigenvalue weighted by Gasteiger charge is 2.49. The van der Waals surface area contributed by atoms with Crippen molar-refractivity contribution in [2.75, 3.05) is 4.90 Å². The Balaban J connectivity index is 0.881. The molecule has 1 aromatic heterocycles. The first-order valence-electron chi connectivity index (χ1n) is 40.7. The van der Waals surface area contributed by atoms with Crippen LogP contribution in [-0.2, 0) is 0 Å². The first-order valence-corrected chi connectivity index (χ1v) is 43.2. The molecule has 0 bridgehead atoms. The molecule has 6 heteroatoms. The predicted octanol–water partition coefficient (Wildman–Crippen LogP) is 19.9. The molecule has 0 amide bonds. The van der Waals surface area contributed by atoms with E-state index in [4.69, 9.17) is 4.74 Å². The lowest BCUT2D eigenvalue weighted by atomic mass is 9.34. The third kappa shape index (κ3) is 11.5. The van der Waals surface area contributed by atoms with Crippen molar-refractivity contribution < 1.29 is 8.85 Å². The number of benzene rings is 18.